The van der Waals surface area contributed by atoms with E-state index in [0.717, 1.165) is 17.9 Å². The van der Waals surface area contributed by atoms with Crippen molar-refractivity contribution >= 4 is 0 Å². The van der Waals surface area contributed by atoms with Gasteiger partial charge in [0.1, 0.15) is 12.4 Å². The van der Waals surface area contributed by atoms with E-state index in [1.807, 2.05) is 33.9 Å². The van der Waals surface area contributed by atoms with Crippen LogP contribution in [0.1, 0.15) is 18.1 Å². The number of benzene rings is 1. The zero-order valence-electron chi connectivity index (χ0n) is 13.0. The van der Waals surface area contributed by atoms with Gasteiger partial charge in [0.05, 0.1) is 13.2 Å². The fourth-order valence-corrected chi connectivity index (χ4v) is 2.05. The van der Waals surface area contributed by atoms with E-state index in [9.17, 15) is 10.2 Å². The molecule has 0 bridgehead atoms. The molecule has 1 rings (SSSR count). The molecule has 0 aliphatic heterocycles. The van der Waals surface area contributed by atoms with Crippen LogP contribution in [0.25, 0.3) is 0 Å². The molecule has 0 amide bonds. The summed E-state index contributed by atoms with van der Waals surface area (Å²) < 4.78 is 5.80. The molecular weight excluding hydrogens is 254 g/mol. The number of nitrogens with zero attached hydrogens (tertiary/aromatic N) is 1. The highest BCUT2D eigenvalue weighted by molar-refractivity contribution is 5.35. The fourth-order valence-electron chi connectivity index (χ4n) is 2.05. The molecule has 1 aromatic rings. The SMILES string of the molecule is Cc1ccc(C)c(OCCN(C)CC(C)(CO)CO)c1. The zero-order chi connectivity index (χ0) is 15.2. The molecule has 4 nitrogen and oxygen atoms in total. The molecule has 0 aliphatic carbocycles. The van der Waals surface area contributed by atoms with Crippen molar-refractivity contribution in [2.24, 2.45) is 5.41 Å². The summed E-state index contributed by atoms with van der Waals surface area (Å²) in [6, 6.07) is 6.17. The van der Waals surface area contributed by atoms with E-state index in [1.165, 1.54) is 5.56 Å². The van der Waals surface area contributed by atoms with Gasteiger partial charge >= 0.3 is 0 Å². The van der Waals surface area contributed by atoms with Crippen molar-refractivity contribution in [2.75, 3.05) is 40.0 Å². The van der Waals surface area contributed by atoms with Crippen molar-refractivity contribution in [3.63, 3.8) is 0 Å². The van der Waals surface area contributed by atoms with Gasteiger partial charge in [0.15, 0.2) is 0 Å². The molecule has 0 spiro atoms. The lowest BCUT2D eigenvalue weighted by Gasteiger charge is -2.30. The van der Waals surface area contributed by atoms with Crippen LogP contribution >= 0.6 is 0 Å². The Bertz CT molecular complexity index is 416. The van der Waals surface area contributed by atoms with E-state index in [-0.39, 0.29) is 13.2 Å². The molecule has 0 radical (unpaired) electrons. The van der Waals surface area contributed by atoms with Gasteiger partial charge in [-0.1, -0.05) is 19.1 Å². The molecule has 0 saturated heterocycles. The molecule has 20 heavy (non-hydrogen) atoms. The highest BCUT2D eigenvalue weighted by Gasteiger charge is 2.24. The molecular formula is C16H27NO3. The molecule has 0 heterocycles. The first kappa shape index (κ1) is 17.0. The van der Waals surface area contributed by atoms with Gasteiger partial charge in [-0.05, 0) is 38.1 Å². The van der Waals surface area contributed by atoms with Crippen LogP contribution in [0.4, 0.5) is 0 Å². The van der Waals surface area contributed by atoms with E-state index in [4.69, 9.17) is 4.74 Å². The summed E-state index contributed by atoms with van der Waals surface area (Å²) in [5.74, 6) is 0.922. The Morgan fingerprint density at radius 2 is 1.85 bits per heavy atom. The molecule has 0 aromatic heterocycles. The predicted octanol–water partition coefficient (Wildman–Crippen LogP) is 1.60. The van der Waals surface area contributed by atoms with Crippen LogP contribution in [-0.2, 0) is 0 Å². The van der Waals surface area contributed by atoms with Crippen molar-refractivity contribution in [3.8, 4) is 5.75 Å². The molecule has 4 heteroatoms. The minimum Gasteiger partial charge on any atom is -0.492 e. The number of likely N-dealkylation sites (N-methyl/N-ethyl adjacent to an activating group) is 1. The van der Waals surface area contributed by atoms with Gasteiger partial charge in [0.2, 0.25) is 0 Å². The van der Waals surface area contributed by atoms with Crippen LogP contribution in [0, 0.1) is 19.3 Å². The maximum atomic E-state index is 9.29. The van der Waals surface area contributed by atoms with Gasteiger partial charge in [0.25, 0.3) is 0 Å². The maximum absolute atomic E-state index is 9.29. The number of aliphatic hydroxyl groups excluding tert-OH is 2. The van der Waals surface area contributed by atoms with Gasteiger partial charge in [-0.3, -0.25) is 0 Å². The minimum absolute atomic E-state index is 0.0221. The Labute approximate surface area is 122 Å². The molecule has 0 atom stereocenters. The zero-order valence-corrected chi connectivity index (χ0v) is 13.0. The number of aryl methyl sites for hydroxylation is 2. The monoisotopic (exact) mass is 281 g/mol. The Hall–Kier alpha value is -1.10. The van der Waals surface area contributed by atoms with Gasteiger partial charge in [-0.2, -0.15) is 0 Å². The van der Waals surface area contributed by atoms with Crippen molar-refractivity contribution < 1.29 is 14.9 Å². The first-order chi connectivity index (χ1) is 9.40. The second kappa shape index (κ2) is 7.62. The quantitative estimate of drug-likeness (QED) is 0.760. The van der Waals surface area contributed by atoms with Crippen LogP contribution in [0.5, 0.6) is 5.75 Å². The fraction of sp³-hybridized carbons (Fsp3) is 0.625. The summed E-state index contributed by atoms with van der Waals surface area (Å²) >= 11 is 0. The molecule has 1 aromatic carbocycles. The summed E-state index contributed by atoms with van der Waals surface area (Å²) in [6.45, 7) is 7.89. The van der Waals surface area contributed by atoms with Crippen LogP contribution in [-0.4, -0.2) is 55.1 Å². The highest BCUT2D eigenvalue weighted by atomic mass is 16.5. The Balaban J connectivity index is 2.42. The summed E-state index contributed by atoms with van der Waals surface area (Å²) in [4.78, 5) is 2.07. The first-order valence-corrected chi connectivity index (χ1v) is 7.00. The van der Waals surface area contributed by atoms with Gasteiger partial charge in [0, 0.05) is 18.5 Å². The third-order valence-corrected chi connectivity index (χ3v) is 3.49. The number of hydrogen-bond acceptors (Lipinski definition) is 4. The smallest absolute Gasteiger partial charge is 0.122 e. The first-order valence-electron chi connectivity index (χ1n) is 7.00. The van der Waals surface area contributed by atoms with E-state index >= 15 is 0 Å². The Morgan fingerprint density at radius 1 is 1.20 bits per heavy atom. The number of ether oxygens (including phenoxy) is 1. The van der Waals surface area contributed by atoms with E-state index in [2.05, 4.69) is 17.0 Å². The summed E-state index contributed by atoms with van der Waals surface area (Å²) in [6.07, 6.45) is 0. The normalized spacial score (nSPS) is 11.9. The van der Waals surface area contributed by atoms with Crippen molar-refractivity contribution in [3.05, 3.63) is 29.3 Å². The minimum atomic E-state index is -0.464. The van der Waals surface area contributed by atoms with E-state index in [0.29, 0.717) is 13.2 Å². The number of rotatable bonds is 8. The molecule has 0 unspecified atom stereocenters. The van der Waals surface area contributed by atoms with E-state index < -0.39 is 5.41 Å². The lowest BCUT2D eigenvalue weighted by Crippen LogP contribution is -2.40. The molecule has 0 saturated carbocycles. The van der Waals surface area contributed by atoms with Crippen LogP contribution in [0.15, 0.2) is 18.2 Å². The molecule has 0 aliphatic rings. The molecule has 0 fully saturated rings. The van der Waals surface area contributed by atoms with Crippen LogP contribution in [0.2, 0.25) is 0 Å². The summed E-state index contributed by atoms with van der Waals surface area (Å²) in [7, 11) is 1.97. The Kier molecular flexibility index (Phi) is 6.46. The second-order valence-electron chi connectivity index (χ2n) is 5.98. The second-order valence-corrected chi connectivity index (χ2v) is 5.98. The van der Waals surface area contributed by atoms with Gasteiger partial charge < -0.3 is 19.8 Å². The van der Waals surface area contributed by atoms with Gasteiger partial charge in [-0.25, -0.2) is 0 Å². The third-order valence-electron chi connectivity index (χ3n) is 3.49. The largest absolute Gasteiger partial charge is 0.492 e. The summed E-state index contributed by atoms with van der Waals surface area (Å²) in [5, 5.41) is 18.6. The molecule has 114 valence electrons. The standard InChI is InChI=1S/C16H27NO3/c1-13-5-6-14(2)15(9-13)20-8-7-17(4)10-16(3,11-18)12-19/h5-6,9,18-19H,7-8,10-12H2,1-4H3. The molecule has 2 N–H and O–H groups in total. The number of hydrogen-bond donors (Lipinski definition) is 2. The van der Waals surface area contributed by atoms with Crippen LogP contribution < -0.4 is 4.74 Å². The number of aliphatic hydroxyl groups is 2. The average Bonchev–Trinajstić information content (AvgIpc) is 2.42. The van der Waals surface area contributed by atoms with Crippen molar-refractivity contribution in [2.45, 2.75) is 20.8 Å². The summed E-state index contributed by atoms with van der Waals surface area (Å²) in [5.41, 5.74) is 1.86. The maximum Gasteiger partial charge on any atom is 0.122 e. The van der Waals surface area contributed by atoms with Crippen molar-refractivity contribution in [1.82, 2.24) is 4.90 Å². The topological polar surface area (TPSA) is 52.9 Å². The van der Waals surface area contributed by atoms with Gasteiger partial charge in [-0.15, -0.1) is 0 Å². The van der Waals surface area contributed by atoms with Crippen molar-refractivity contribution in [1.29, 1.82) is 0 Å². The Morgan fingerprint density at radius 3 is 2.45 bits per heavy atom. The predicted molar refractivity (Wildman–Crippen MR) is 81.2 cm³/mol. The third kappa shape index (κ3) is 5.12. The lowest BCUT2D eigenvalue weighted by molar-refractivity contribution is 0.0390. The lowest BCUT2D eigenvalue weighted by atomic mass is 9.92. The van der Waals surface area contributed by atoms with Crippen LogP contribution in [0.3, 0.4) is 0 Å². The van der Waals surface area contributed by atoms with E-state index in [1.54, 1.807) is 0 Å². The average molecular weight is 281 g/mol. The highest BCUT2D eigenvalue weighted by Crippen LogP contribution is 2.19.